The largest absolute Gasteiger partial charge is 1.00 e. The summed E-state index contributed by atoms with van der Waals surface area (Å²) in [5, 5.41) is 20.5. The number of carbonyl (C=O) groups excluding carboxylic acids is 1. The number of carbonyl (C=O) groups is 1. The number of aliphatic hydroxyl groups excluding tert-OH is 1. The van der Waals surface area contributed by atoms with Crippen LogP contribution in [0, 0.1) is 5.41 Å². The summed E-state index contributed by atoms with van der Waals surface area (Å²) in [7, 11) is 5.34. The second kappa shape index (κ2) is 8.08. The molecule has 0 atom stereocenters. The molecule has 2 aromatic carbocycles. The summed E-state index contributed by atoms with van der Waals surface area (Å²) >= 11 is 0. The first kappa shape index (κ1) is 21.2. The quantitative estimate of drug-likeness (QED) is 0.462. The maximum atomic E-state index is 12.6. The fourth-order valence-corrected chi connectivity index (χ4v) is 3.66. The average Bonchev–Trinajstić information content (AvgIpc) is 3.14. The molecule has 2 heterocycles. The van der Waals surface area contributed by atoms with Crippen molar-refractivity contribution in [2.75, 3.05) is 13.7 Å². The Bertz CT molecular complexity index is 1130. The Morgan fingerprint density at radius 2 is 1.87 bits per heavy atom. The van der Waals surface area contributed by atoms with Crippen LogP contribution in [0.25, 0.3) is 16.6 Å². The summed E-state index contributed by atoms with van der Waals surface area (Å²) in [6, 6.07) is 14.5. The summed E-state index contributed by atoms with van der Waals surface area (Å²) < 4.78 is 8.97. The molecule has 30 heavy (non-hydrogen) atoms. The summed E-state index contributed by atoms with van der Waals surface area (Å²) in [5.74, 6) is 1.04. The third kappa shape index (κ3) is 3.35. The first-order valence-corrected chi connectivity index (χ1v) is 9.09. The standard InChI is InChI=1S/C21H21N5O3.ClH/c1-24-15-6-4-5-7-16(15)25(2)21(24)18-17(27)12-26(19(18)22)23-20(28)13-8-10-14(29-3)11-9-13;/h4-11,22H,12H2,1-3H3,(H,23,28);1H. The topological polar surface area (TPSA) is 94.5 Å². The fourth-order valence-electron chi connectivity index (χ4n) is 3.66. The fraction of sp³-hybridized carbons (Fsp3) is 0.190. The summed E-state index contributed by atoms with van der Waals surface area (Å²) in [4.78, 5) is 12.6. The summed E-state index contributed by atoms with van der Waals surface area (Å²) in [6.07, 6.45) is 0. The maximum absolute atomic E-state index is 12.6. The van der Waals surface area contributed by atoms with E-state index in [4.69, 9.17) is 10.1 Å². The van der Waals surface area contributed by atoms with Crippen LogP contribution < -0.4 is 27.1 Å². The zero-order valence-corrected chi connectivity index (χ0v) is 17.6. The number of para-hydroxylation sites is 2. The Labute approximate surface area is 179 Å². The third-order valence-electron chi connectivity index (χ3n) is 5.16. The molecule has 0 fully saturated rings. The normalized spacial score (nSPS) is 13.6. The van der Waals surface area contributed by atoms with Crippen LogP contribution in [0.1, 0.15) is 16.2 Å². The van der Waals surface area contributed by atoms with Gasteiger partial charge in [0, 0.05) is 5.56 Å². The van der Waals surface area contributed by atoms with E-state index in [9.17, 15) is 9.90 Å². The molecule has 0 bridgehead atoms. The highest BCUT2D eigenvalue weighted by molar-refractivity contribution is 6.23. The number of benzene rings is 2. The van der Waals surface area contributed by atoms with Gasteiger partial charge in [-0.3, -0.25) is 20.6 Å². The van der Waals surface area contributed by atoms with Crippen LogP contribution in [0.4, 0.5) is 0 Å². The Morgan fingerprint density at radius 3 is 2.50 bits per heavy atom. The lowest BCUT2D eigenvalue weighted by Crippen LogP contribution is -3.00. The number of halogens is 1. The van der Waals surface area contributed by atoms with Crippen molar-refractivity contribution in [3.05, 3.63) is 65.7 Å². The van der Waals surface area contributed by atoms with Crippen molar-refractivity contribution in [1.82, 2.24) is 15.0 Å². The number of hydrogen-bond acceptors (Lipinski definition) is 4. The number of aliphatic hydroxyl groups is 1. The molecule has 3 N–H and O–H groups in total. The molecule has 4 rings (SSSR count). The van der Waals surface area contributed by atoms with Gasteiger partial charge in [-0.25, -0.2) is 9.13 Å². The predicted molar refractivity (Wildman–Crippen MR) is 109 cm³/mol. The van der Waals surface area contributed by atoms with Crippen molar-refractivity contribution in [1.29, 1.82) is 5.41 Å². The highest BCUT2D eigenvalue weighted by Gasteiger charge is 2.37. The first-order valence-electron chi connectivity index (χ1n) is 9.09. The molecule has 0 saturated carbocycles. The molecule has 1 amide bonds. The number of nitrogens with zero attached hydrogens (tertiary/aromatic N) is 3. The number of aromatic nitrogens is 2. The highest BCUT2D eigenvalue weighted by Crippen LogP contribution is 2.27. The van der Waals surface area contributed by atoms with E-state index in [0.717, 1.165) is 11.0 Å². The number of fused-ring (bicyclic) bond motifs is 1. The van der Waals surface area contributed by atoms with Crippen LogP contribution in [0.3, 0.4) is 0 Å². The first-order chi connectivity index (χ1) is 13.9. The van der Waals surface area contributed by atoms with Crippen molar-refractivity contribution in [2.45, 2.75) is 0 Å². The van der Waals surface area contributed by atoms with Gasteiger partial charge in [0.05, 0.1) is 27.7 Å². The summed E-state index contributed by atoms with van der Waals surface area (Å²) in [6.45, 7) is 0.0254. The lowest BCUT2D eigenvalue weighted by Gasteiger charge is -2.19. The lowest BCUT2D eigenvalue weighted by molar-refractivity contribution is -0.648. The number of aryl methyl sites for hydroxylation is 2. The van der Waals surface area contributed by atoms with E-state index in [1.807, 2.05) is 47.5 Å². The van der Waals surface area contributed by atoms with Crippen molar-refractivity contribution in [3.8, 4) is 5.75 Å². The number of amides is 1. The molecule has 0 aliphatic carbocycles. The van der Waals surface area contributed by atoms with E-state index in [1.54, 1.807) is 31.4 Å². The molecule has 0 spiro atoms. The van der Waals surface area contributed by atoms with Gasteiger partial charge in [0.2, 0.25) is 0 Å². The molecular weight excluding hydrogens is 406 g/mol. The second-order valence-electron chi connectivity index (χ2n) is 6.86. The predicted octanol–water partition coefficient (Wildman–Crippen LogP) is -1.08. The number of hydrazine groups is 1. The van der Waals surface area contributed by atoms with E-state index in [-0.39, 0.29) is 36.5 Å². The Hall–Kier alpha value is -3.52. The molecule has 0 saturated heterocycles. The van der Waals surface area contributed by atoms with Gasteiger partial charge in [-0.15, -0.1) is 0 Å². The van der Waals surface area contributed by atoms with Crippen LogP contribution in [-0.4, -0.2) is 40.1 Å². The third-order valence-corrected chi connectivity index (χ3v) is 5.16. The second-order valence-corrected chi connectivity index (χ2v) is 6.86. The van der Waals surface area contributed by atoms with Crippen LogP contribution in [0.15, 0.2) is 54.3 Å². The summed E-state index contributed by atoms with van der Waals surface area (Å²) in [5.41, 5.74) is 5.49. The lowest BCUT2D eigenvalue weighted by atomic mass is 10.2. The van der Waals surface area contributed by atoms with Gasteiger partial charge in [-0.2, -0.15) is 0 Å². The number of imidazole rings is 1. The van der Waals surface area contributed by atoms with E-state index < -0.39 is 0 Å². The minimum absolute atomic E-state index is 0. The number of methoxy groups -OCH3 is 1. The van der Waals surface area contributed by atoms with Crippen LogP contribution in [-0.2, 0) is 14.1 Å². The zero-order valence-electron chi connectivity index (χ0n) is 16.8. The van der Waals surface area contributed by atoms with E-state index in [0.29, 0.717) is 22.7 Å². The molecule has 0 radical (unpaired) electrons. The Kier molecular flexibility index (Phi) is 5.71. The molecule has 1 aliphatic heterocycles. The van der Waals surface area contributed by atoms with Gasteiger partial charge < -0.3 is 22.3 Å². The Balaban J connectivity index is 0.00000256. The molecule has 8 nitrogen and oxygen atoms in total. The van der Waals surface area contributed by atoms with Crippen molar-refractivity contribution in [2.24, 2.45) is 14.1 Å². The maximum Gasteiger partial charge on any atom is 0.296 e. The minimum atomic E-state index is -0.368. The molecule has 9 heteroatoms. The van der Waals surface area contributed by atoms with Gasteiger partial charge in [0.25, 0.3) is 11.7 Å². The molecule has 3 aromatic rings. The van der Waals surface area contributed by atoms with E-state index >= 15 is 0 Å². The van der Waals surface area contributed by atoms with E-state index in [2.05, 4.69) is 5.43 Å². The van der Waals surface area contributed by atoms with Crippen molar-refractivity contribution in [3.63, 3.8) is 0 Å². The van der Waals surface area contributed by atoms with Gasteiger partial charge in [0.1, 0.15) is 17.1 Å². The van der Waals surface area contributed by atoms with Crippen molar-refractivity contribution < 1.29 is 31.6 Å². The average molecular weight is 428 g/mol. The van der Waals surface area contributed by atoms with Gasteiger partial charge in [0.15, 0.2) is 16.9 Å². The zero-order chi connectivity index (χ0) is 20.7. The smallest absolute Gasteiger partial charge is 0.296 e. The monoisotopic (exact) mass is 427 g/mol. The van der Waals surface area contributed by atoms with Crippen LogP contribution in [0.5, 0.6) is 5.75 Å². The molecule has 1 aliphatic rings. The van der Waals surface area contributed by atoms with Gasteiger partial charge >= 0.3 is 0 Å². The molecule has 1 aromatic heterocycles. The van der Waals surface area contributed by atoms with Crippen molar-refractivity contribution >= 4 is 28.3 Å². The molecule has 0 unspecified atom stereocenters. The SMILES string of the molecule is COc1ccc(C(=O)NN2CC(O)=C(c3n(C)c4ccccc4[n+]3C)C2=N)cc1.[Cl-]. The highest BCUT2D eigenvalue weighted by atomic mass is 35.5. The van der Waals surface area contributed by atoms with E-state index in [1.165, 1.54) is 5.01 Å². The van der Waals surface area contributed by atoms with Crippen LogP contribution in [0.2, 0.25) is 0 Å². The number of ether oxygens (including phenoxy) is 1. The molecule has 156 valence electrons. The van der Waals surface area contributed by atoms with Crippen LogP contribution >= 0.6 is 0 Å². The number of amidine groups is 1. The number of hydrogen-bond donors (Lipinski definition) is 3. The molecular formula is C21H22ClN5O3. The number of nitrogens with one attached hydrogen (secondary N) is 2. The van der Waals surface area contributed by atoms with Gasteiger partial charge in [-0.05, 0) is 36.4 Å². The number of rotatable bonds is 4. The van der Waals surface area contributed by atoms with Gasteiger partial charge in [-0.1, -0.05) is 12.1 Å². The Morgan fingerprint density at radius 1 is 1.20 bits per heavy atom. The minimum Gasteiger partial charge on any atom is -1.00 e.